The van der Waals surface area contributed by atoms with Crippen molar-refractivity contribution in [1.82, 2.24) is 4.98 Å². The highest BCUT2D eigenvalue weighted by atomic mass is 79.9. The minimum atomic E-state index is -0.345. The van der Waals surface area contributed by atoms with Crippen molar-refractivity contribution in [3.63, 3.8) is 0 Å². The molecular formula is C17H12BrNO2S. The summed E-state index contributed by atoms with van der Waals surface area (Å²) in [4.78, 5) is 16.4. The van der Waals surface area contributed by atoms with Crippen LogP contribution in [0.15, 0.2) is 46.1 Å². The van der Waals surface area contributed by atoms with Crippen LogP contribution in [0.25, 0.3) is 17.2 Å². The second-order valence-corrected chi connectivity index (χ2v) is 6.97. The average Bonchev–Trinajstić information content (AvgIpc) is 2.93. The molecule has 3 rings (SSSR count). The maximum atomic E-state index is 12.1. The summed E-state index contributed by atoms with van der Waals surface area (Å²) >= 11 is 4.96. The normalized spacial score (nSPS) is 14.6. The molecule has 0 bridgehead atoms. The predicted octanol–water partition coefficient (Wildman–Crippen LogP) is 4.56. The highest BCUT2D eigenvalue weighted by Crippen LogP contribution is 2.32. The third-order valence-corrected chi connectivity index (χ3v) is 4.56. The van der Waals surface area contributed by atoms with Crippen molar-refractivity contribution in [3.8, 4) is 0 Å². The Balaban J connectivity index is 2.10. The molecule has 0 amide bonds. The van der Waals surface area contributed by atoms with Crippen LogP contribution < -0.4 is 0 Å². The first kappa shape index (κ1) is 15.0. The van der Waals surface area contributed by atoms with Gasteiger partial charge in [0, 0.05) is 5.56 Å². The van der Waals surface area contributed by atoms with Crippen molar-refractivity contribution in [1.29, 1.82) is 0 Å². The summed E-state index contributed by atoms with van der Waals surface area (Å²) < 4.78 is 6.08. The van der Waals surface area contributed by atoms with E-state index in [-0.39, 0.29) is 5.97 Å². The van der Waals surface area contributed by atoms with Crippen LogP contribution in [-0.4, -0.2) is 17.6 Å². The molecule has 1 aromatic carbocycles. The molecule has 22 heavy (non-hydrogen) atoms. The van der Waals surface area contributed by atoms with Gasteiger partial charge in [-0.15, -0.1) is 17.1 Å². The molecule has 5 heteroatoms. The molecule has 110 valence electrons. The van der Waals surface area contributed by atoms with Gasteiger partial charge in [0.1, 0.15) is 10.6 Å². The van der Waals surface area contributed by atoms with Crippen molar-refractivity contribution in [2.75, 3.05) is 6.61 Å². The van der Waals surface area contributed by atoms with Gasteiger partial charge in [-0.05, 0) is 46.1 Å². The summed E-state index contributed by atoms with van der Waals surface area (Å²) in [6.45, 7) is 2.14. The number of thiazole rings is 1. The molecule has 0 N–H and O–H groups in total. The standard InChI is InChI=1S/C17H12BrNO2S/c1-2-21-17(20)14-8-7-11(9-16-19-10-15(18)22-16)12-5-3-4-6-13(12)14/h3-7,9-10H,2H2,1H3. The number of hydrogen-bond acceptors (Lipinski definition) is 4. The number of hydrogen-bond donors (Lipinski definition) is 0. The van der Waals surface area contributed by atoms with Crippen molar-refractivity contribution < 1.29 is 9.53 Å². The summed E-state index contributed by atoms with van der Waals surface area (Å²) in [7, 11) is 0. The molecule has 0 saturated heterocycles. The average molecular weight is 374 g/mol. The molecule has 1 aliphatic rings. The molecule has 0 saturated carbocycles. The van der Waals surface area contributed by atoms with Gasteiger partial charge in [-0.1, -0.05) is 24.3 Å². The minimum Gasteiger partial charge on any atom is -0.462 e. The second-order valence-electron chi connectivity index (χ2n) is 4.53. The molecule has 0 fully saturated rings. The largest absolute Gasteiger partial charge is 0.462 e. The fourth-order valence-corrected chi connectivity index (χ4v) is 3.41. The van der Waals surface area contributed by atoms with E-state index in [1.807, 2.05) is 36.4 Å². The van der Waals surface area contributed by atoms with Gasteiger partial charge in [-0.3, -0.25) is 0 Å². The number of rotatable bonds is 3. The molecule has 1 aliphatic carbocycles. The monoisotopic (exact) mass is 373 g/mol. The van der Waals surface area contributed by atoms with E-state index in [4.69, 9.17) is 4.74 Å². The molecule has 0 radical (unpaired) electrons. The molecule has 0 unspecified atom stereocenters. The van der Waals surface area contributed by atoms with Gasteiger partial charge in [0.25, 0.3) is 0 Å². The minimum absolute atomic E-state index is 0.345. The lowest BCUT2D eigenvalue weighted by Crippen LogP contribution is -2.09. The van der Waals surface area contributed by atoms with E-state index < -0.39 is 0 Å². The topological polar surface area (TPSA) is 39.2 Å². The predicted molar refractivity (Wildman–Crippen MR) is 92.2 cm³/mol. The van der Waals surface area contributed by atoms with Gasteiger partial charge >= 0.3 is 5.97 Å². The fourth-order valence-electron chi connectivity index (χ4n) is 2.22. The quantitative estimate of drug-likeness (QED) is 0.584. The van der Waals surface area contributed by atoms with Crippen molar-refractivity contribution in [2.24, 2.45) is 0 Å². The molecule has 0 spiro atoms. The third-order valence-electron chi connectivity index (χ3n) is 3.13. The fraction of sp³-hybridized carbons (Fsp3) is 0.118. The van der Waals surface area contributed by atoms with Crippen LogP contribution >= 0.6 is 27.3 Å². The Labute approximate surface area is 140 Å². The number of carbonyl (C=O) groups is 1. The molecule has 1 heterocycles. The zero-order valence-electron chi connectivity index (χ0n) is 11.8. The Bertz CT molecular complexity index is 829. The summed E-state index contributed by atoms with van der Waals surface area (Å²) in [5.41, 5.74) is 6.32. The summed E-state index contributed by atoms with van der Waals surface area (Å²) in [5, 5.41) is 0.898. The maximum absolute atomic E-state index is 12.1. The van der Waals surface area contributed by atoms with E-state index in [0.717, 1.165) is 25.5 Å². The lowest BCUT2D eigenvalue weighted by Gasteiger charge is -2.14. The summed E-state index contributed by atoms with van der Waals surface area (Å²) in [6, 6.07) is 7.75. The van der Waals surface area contributed by atoms with Crippen LogP contribution in [-0.2, 0) is 9.53 Å². The third kappa shape index (κ3) is 2.97. The number of allylic oxidation sites excluding steroid dienone is 1. The first-order valence-electron chi connectivity index (χ1n) is 6.75. The van der Waals surface area contributed by atoms with Gasteiger partial charge in [0.15, 0.2) is 0 Å². The molecule has 0 aliphatic heterocycles. The van der Waals surface area contributed by atoms with E-state index in [9.17, 15) is 4.79 Å². The number of esters is 1. The van der Waals surface area contributed by atoms with Crippen LogP contribution in [0.2, 0.25) is 0 Å². The van der Waals surface area contributed by atoms with E-state index in [1.54, 1.807) is 24.5 Å². The number of halogens is 1. The molecular weight excluding hydrogens is 362 g/mol. The van der Waals surface area contributed by atoms with Crippen molar-refractivity contribution in [2.45, 2.75) is 6.92 Å². The lowest BCUT2D eigenvalue weighted by molar-refractivity contribution is -0.136. The summed E-state index contributed by atoms with van der Waals surface area (Å²) in [6.07, 6.45) is 5.57. The zero-order valence-corrected chi connectivity index (χ0v) is 14.2. The van der Waals surface area contributed by atoms with E-state index in [2.05, 4.69) is 26.6 Å². The van der Waals surface area contributed by atoms with Gasteiger partial charge < -0.3 is 4.74 Å². The Morgan fingerprint density at radius 2 is 2.18 bits per heavy atom. The van der Waals surface area contributed by atoms with Crippen molar-refractivity contribution in [3.05, 3.63) is 62.2 Å². The maximum Gasteiger partial charge on any atom is 0.346 e. The Morgan fingerprint density at radius 1 is 1.41 bits per heavy atom. The number of benzene rings is 1. The SMILES string of the molecule is CCOC(=O)C1=C=CC(=Cc2ncc(Br)s2)c2ccccc21. The van der Waals surface area contributed by atoms with Gasteiger partial charge in [0.05, 0.1) is 16.6 Å². The van der Waals surface area contributed by atoms with Crippen LogP contribution in [0.3, 0.4) is 0 Å². The first-order valence-corrected chi connectivity index (χ1v) is 8.36. The number of carbonyl (C=O) groups excluding carboxylic acids is 1. The van der Waals surface area contributed by atoms with Crippen LogP contribution in [0.1, 0.15) is 23.1 Å². The molecule has 1 aromatic heterocycles. The van der Waals surface area contributed by atoms with Crippen molar-refractivity contribution >= 4 is 50.5 Å². The van der Waals surface area contributed by atoms with E-state index >= 15 is 0 Å². The van der Waals surface area contributed by atoms with E-state index in [0.29, 0.717) is 12.2 Å². The van der Waals surface area contributed by atoms with E-state index in [1.165, 1.54) is 0 Å². The number of ether oxygens (including phenoxy) is 1. The molecule has 0 atom stereocenters. The van der Waals surface area contributed by atoms with Crippen LogP contribution in [0, 0.1) is 0 Å². The van der Waals surface area contributed by atoms with Crippen LogP contribution in [0.5, 0.6) is 0 Å². The number of aromatic nitrogens is 1. The number of nitrogens with zero attached hydrogens (tertiary/aromatic N) is 1. The number of fused-ring (bicyclic) bond motifs is 1. The zero-order chi connectivity index (χ0) is 15.5. The smallest absolute Gasteiger partial charge is 0.346 e. The first-order chi connectivity index (χ1) is 10.7. The lowest BCUT2D eigenvalue weighted by atomic mass is 9.91. The highest BCUT2D eigenvalue weighted by molar-refractivity contribution is 9.11. The second kappa shape index (κ2) is 6.44. The molecule has 2 aromatic rings. The summed E-state index contributed by atoms with van der Waals surface area (Å²) in [5.74, 6) is -0.345. The van der Waals surface area contributed by atoms with Crippen LogP contribution in [0.4, 0.5) is 0 Å². The van der Waals surface area contributed by atoms with Gasteiger partial charge in [0.2, 0.25) is 0 Å². The van der Waals surface area contributed by atoms with Gasteiger partial charge in [-0.2, -0.15) is 0 Å². The Hall–Kier alpha value is -1.94. The highest BCUT2D eigenvalue weighted by Gasteiger charge is 2.20. The molecule has 3 nitrogen and oxygen atoms in total. The van der Waals surface area contributed by atoms with Gasteiger partial charge in [-0.25, -0.2) is 9.78 Å². The Kier molecular flexibility index (Phi) is 4.39. The Morgan fingerprint density at radius 3 is 2.86 bits per heavy atom.